The van der Waals surface area contributed by atoms with Gasteiger partial charge in [0.05, 0.1) is 6.21 Å². The lowest BCUT2D eigenvalue weighted by atomic mass is 10.2. The highest BCUT2D eigenvalue weighted by Crippen LogP contribution is 2.26. The van der Waals surface area contributed by atoms with Crippen molar-refractivity contribution in [3.05, 3.63) is 47.3 Å². The van der Waals surface area contributed by atoms with Crippen molar-refractivity contribution in [2.75, 3.05) is 0 Å². The molecule has 1 aromatic carbocycles. The maximum absolute atomic E-state index is 8.38. The summed E-state index contributed by atoms with van der Waals surface area (Å²) in [6.07, 6.45) is 1.44. The first kappa shape index (κ1) is 8.97. The first-order chi connectivity index (χ1) is 6.90. The molecule has 0 aliphatic carbocycles. The van der Waals surface area contributed by atoms with Crippen molar-refractivity contribution >= 4 is 17.6 Å². The number of nitrogens with zero attached hydrogens (tertiary/aromatic N) is 1. The maximum atomic E-state index is 8.38. The number of benzene rings is 1. The molecule has 0 amide bonds. The fraction of sp³-hybridized carbons (Fsp3) is 0. The largest absolute Gasteiger partial charge is 0.411 e. The van der Waals surface area contributed by atoms with Crippen LogP contribution in [-0.4, -0.2) is 11.4 Å². The molecule has 0 saturated heterocycles. The van der Waals surface area contributed by atoms with E-state index in [0.717, 1.165) is 4.88 Å². The Morgan fingerprint density at radius 1 is 1.07 bits per heavy atom. The van der Waals surface area contributed by atoms with Crippen molar-refractivity contribution in [2.24, 2.45) is 5.16 Å². The Morgan fingerprint density at radius 3 is 2.57 bits per heavy atom. The zero-order chi connectivity index (χ0) is 9.80. The minimum Gasteiger partial charge on any atom is -0.411 e. The van der Waals surface area contributed by atoms with E-state index in [1.807, 2.05) is 30.3 Å². The van der Waals surface area contributed by atoms with Crippen LogP contribution in [0.25, 0.3) is 10.4 Å². The van der Waals surface area contributed by atoms with E-state index in [-0.39, 0.29) is 0 Å². The van der Waals surface area contributed by atoms with Gasteiger partial charge in [-0.3, -0.25) is 0 Å². The summed E-state index contributed by atoms with van der Waals surface area (Å²) in [4.78, 5) is 2.13. The molecule has 0 saturated carbocycles. The predicted molar refractivity (Wildman–Crippen MR) is 59.1 cm³/mol. The predicted octanol–water partition coefficient (Wildman–Crippen LogP) is 3.22. The van der Waals surface area contributed by atoms with Crippen LogP contribution in [-0.2, 0) is 0 Å². The molecule has 1 N–H and O–H groups in total. The monoisotopic (exact) mass is 203 g/mol. The van der Waals surface area contributed by atoms with Gasteiger partial charge in [-0.05, 0) is 17.7 Å². The Labute approximate surface area is 86.1 Å². The van der Waals surface area contributed by atoms with Gasteiger partial charge in [-0.25, -0.2) is 0 Å². The van der Waals surface area contributed by atoms with Crippen molar-refractivity contribution in [3.8, 4) is 10.4 Å². The average Bonchev–Trinajstić information content (AvgIpc) is 2.68. The summed E-state index contributed by atoms with van der Waals surface area (Å²) in [5.41, 5.74) is 1.19. The third kappa shape index (κ3) is 1.83. The molecule has 0 spiro atoms. The number of oxime groups is 1. The third-order valence-electron chi connectivity index (χ3n) is 1.87. The van der Waals surface area contributed by atoms with Gasteiger partial charge in [0.1, 0.15) is 0 Å². The molecule has 1 heterocycles. The summed E-state index contributed by atoms with van der Waals surface area (Å²) in [6.45, 7) is 0. The van der Waals surface area contributed by atoms with Gasteiger partial charge in [0, 0.05) is 9.75 Å². The van der Waals surface area contributed by atoms with E-state index in [2.05, 4.69) is 17.3 Å². The molecule has 2 nitrogen and oxygen atoms in total. The molecule has 14 heavy (non-hydrogen) atoms. The molecule has 2 aromatic rings. The molecule has 0 aliphatic heterocycles. The van der Waals surface area contributed by atoms with Crippen molar-refractivity contribution in [1.82, 2.24) is 0 Å². The normalized spacial score (nSPS) is 10.9. The second-order valence-electron chi connectivity index (χ2n) is 2.81. The Kier molecular flexibility index (Phi) is 2.60. The lowest BCUT2D eigenvalue weighted by Crippen LogP contribution is -1.69. The molecule has 0 aliphatic rings. The second-order valence-corrected chi connectivity index (χ2v) is 3.93. The second kappa shape index (κ2) is 4.07. The van der Waals surface area contributed by atoms with Crippen molar-refractivity contribution in [2.45, 2.75) is 0 Å². The van der Waals surface area contributed by atoms with Crippen LogP contribution in [0.4, 0.5) is 0 Å². The summed E-state index contributed by atoms with van der Waals surface area (Å²) < 4.78 is 0. The minimum atomic E-state index is 0.950. The molecule has 3 heteroatoms. The van der Waals surface area contributed by atoms with Crippen molar-refractivity contribution in [1.29, 1.82) is 0 Å². The quantitative estimate of drug-likeness (QED) is 0.453. The molecule has 2 rings (SSSR count). The summed E-state index contributed by atoms with van der Waals surface area (Å²) in [5, 5.41) is 11.4. The summed E-state index contributed by atoms with van der Waals surface area (Å²) in [6, 6.07) is 14.1. The summed E-state index contributed by atoms with van der Waals surface area (Å²) in [7, 11) is 0. The van der Waals surface area contributed by atoms with Gasteiger partial charge in [-0.15, -0.1) is 11.3 Å². The highest BCUT2D eigenvalue weighted by Gasteiger charge is 1.99. The highest BCUT2D eigenvalue weighted by atomic mass is 32.1. The van der Waals surface area contributed by atoms with Crippen LogP contribution in [0.1, 0.15) is 4.88 Å². The molecule has 70 valence electrons. The molecule has 0 fully saturated rings. The van der Waals surface area contributed by atoms with Gasteiger partial charge in [-0.1, -0.05) is 35.5 Å². The van der Waals surface area contributed by atoms with E-state index in [9.17, 15) is 0 Å². The summed E-state index contributed by atoms with van der Waals surface area (Å²) in [5.74, 6) is 0. The first-order valence-corrected chi connectivity index (χ1v) is 5.04. The zero-order valence-electron chi connectivity index (χ0n) is 7.42. The SMILES string of the molecule is ON=Cc1ccc(-c2ccccc2)s1. The minimum absolute atomic E-state index is 0.950. The topological polar surface area (TPSA) is 32.6 Å². The van der Waals surface area contributed by atoms with Gasteiger partial charge >= 0.3 is 0 Å². The molecular formula is C11H9NOS. The molecule has 0 radical (unpaired) electrons. The van der Waals surface area contributed by atoms with E-state index in [1.54, 1.807) is 11.3 Å². The Morgan fingerprint density at radius 2 is 1.86 bits per heavy atom. The fourth-order valence-corrected chi connectivity index (χ4v) is 2.12. The van der Waals surface area contributed by atoms with E-state index in [1.165, 1.54) is 16.7 Å². The standard InChI is InChI=1S/C11H9NOS/c13-12-8-10-6-7-11(14-10)9-4-2-1-3-5-9/h1-8,13H. The lowest BCUT2D eigenvalue weighted by molar-refractivity contribution is 0.322. The molecule has 0 unspecified atom stereocenters. The van der Waals surface area contributed by atoms with Gasteiger partial charge < -0.3 is 5.21 Å². The highest BCUT2D eigenvalue weighted by molar-refractivity contribution is 7.17. The van der Waals surface area contributed by atoms with Gasteiger partial charge in [-0.2, -0.15) is 0 Å². The Balaban J connectivity index is 2.34. The van der Waals surface area contributed by atoms with Crippen LogP contribution < -0.4 is 0 Å². The molecular weight excluding hydrogens is 194 g/mol. The van der Waals surface area contributed by atoms with Crippen molar-refractivity contribution in [3.63, 3.8) is 0 Å². The van der Waals surface area contributed by atoms with Crippen LogP contribution in [0.15, 0.2) is 47.6 Å². The molecule has 1 aromatic heterocycles. The fourth-order valence-electron chi connectivity index (χ4n) is 1.24. The van der Waals surface area contributed by atoms with Crippen LogP contribution in [0.3, 0.4) is 0 Å². The van der Waals surface area contributed by atoms with Crippen LogP contribution in [0.2, 0.25) is 0 Å². The van der Waals surface area contributed by atoms with Gasteiger partial charge in [0.2, 0.25) is 0 Å². The Hall–Kier alpha value is -1.61. The maximum Gasteiger partial charge on any atom is 0.0833 e. The Bertz CT molecular complexity index is 434. The van der Waals surface area contributed by atoms with E-state index >= 15 is 0 Å². The number of hydrogen-bond acceptors (Lipinski definition) is 3. The van der Waals surface area contributed by atoms with Crippen molar-refractivity contribution < 1.29 is 5.21 Å². The third-order valence-corrected chi connectivity index (χ3v) is 2.94. The lowest BCUT2D eigenvalue weighted by Gasteiger charge is -1.93. The van der Waals surface area contributed by atoms with Gasteiger partial charge in [0.25, 0.3) is 0 Å². The van der Waals surface area contributed by atoms with E-state index in [4.69, 9.17) is 5.21 Å². The first-order valence-electron chi connectivity index (χ1n) is 4.23. The number of thiophene rings is 1. The molecule has 0 atom stereocenters. The van der Waals surface area contributed by atoms with Crippen LogP contribution >= 0.6 is 11.3 Å². The molecule has 0 bridgehead atoms. The van der Waals surface area contributed by atoms with E-state index < -0.39 is 0 Å². The zero-order valence-corrected chi connectivity index (χ0v) is 8.24. The van der Waals surface area contributed by atoms with Crippen LogP contribution in [0, 0.1) is 0 Å². The smallest absolute Gasteiger partial charge is 0.0833 e. The van der Waals surface area contributed by atoms with Crippen LogP contribution in [0.5, 0.6) is 0 Å². The van der Waals surface area contributed by atoms with E-state index in [0.29, 0.717) is 0 Å². The van der Waals surface area contributed by atoms with Gasteiger partial charge in [0.15, 0.2) is 0 Å². The summed E-state index contributed by atoms with van der Waals surface area (Å²) >= 11 is 1.60. The average molecular weight is 203 g/mol. The number of hydrogen-bond donors (Lipinski definition) is 1. The number of rotatable bonds is 2.